The Morgan fingerprint density at radius 2 is 2.00 bits per heavy atom. The fraction of sp³-hybridized carbons (Fsp3) is 0.235. The minimum Gasteiger partial charge on any atom is -0.368 e. The van der Waals surface area contributed by atoms with Gasteiger partial charge in [-0.1, -0.05) is 41.9 Å². The van der Waals surface area contributed by atoms with E-state index in [4.69, 9.17) is 22.3 Å². The summed E-state index contributed by atoms with van der Waals surface area (Å²) >= 11 is 6.20. The number of rotatable bonds is 2. The molecule has 0 bridgehead atoms. The number of nitrogens with two attached hydrogens (primary N) is 1. The maximum atomic E-state index is 6.20. The molecule has 0 spiro atoms. The average Bonchev–Trinajstić information content (AvgIpc) is 2.65. The molecule has 4 heteroatoms. The van der Waals surface area contributed by atoms with E-state index >= 15 is 0 Å². The van der Waals surface area contributed by atoms with Gasteiger partial charge in [-0.15, -0.1) is 0 Å². The van der Waals surface area contributed by atoms with Gasteiger partial charge in [0, 0.05) is 35.4 Å². The van der Waals surface area contributed by atoms with Crippen molar-refractivity contribution in [1.82, 2.24) is 0 Å². The van der Waals surface area contributed by atoms with Gasteiger partial charge >= 0.3 is 0 Å². The van der Waals surface area contributed by atoms with E-state index in [9.17, 15) is 0 Å². The Labute approximate surface area is 130 Å². The Kier molecular flexibility index (Phi) is 3.95. The van der Waals surface area contributed by atoms with Crippen LogP contribution in [0.25, 0.3) is 0 Å². The summed E-state index contributed by atoms with van der Waals surface area (Å²) in [6.45, 7) is 1.26. The lowest BCUT2D eigenvalue weighted by atomic mass is 10.0. The van der Waals surface area contributed by atoms with Gasteiger partial charge in [0.15, 0.2) is 0 Å². The molecule has 2 aromatic carbocycles. The van der Waals surface area contributed by atoms with Gasteiger partial charge in [0.1, 0.15) is 0 Å². The van der Waals surface area contributed by atoms with Crippen LogP contribution in [0.2, 0.25) is 5.02 Å². The Morgan fingerprint density at radius 1 is 1.24 bits per heavy atom. The number of fused-ring (bicyclic) bond motifs is 1. The molecule has 1 unspecified atom stereocenters. The second kappa shape index (κ2) is 5.88. The summed E-state index contributed by atoms with van der Waals surface area (Å²) in [4.78, 5) is 7.01. The predicted molar refractivity (Wildman–Crippen MR) is 89.6 cm³/mol. The van der Waals surface area contributed by atoms with Crippen molar-refractivity contribution in [3.8, 4) is 0 Å². The van der Waals surface area contributed by atoms with E-state index in [0.717, 1.165) is 27.5 Å². The molecule has 3 rings (SSSR count). The van der Waals surface area contributed by atoms with Crippen LogP contribution in [0.5, 0.6) is 0 Å². The summed E-state index contributed by atoms with van der Waals surface area (Å²) in [5.41, 5.74) is 10.2. The van der Waals surface area contributed by atoms with Crippen molar-refractivity contribution in [2.75, 3.05) is 25.0 Å². The number of hydrogen-bond acceptors (Lipinski definition) is 3. The number of benzene rings is 2. The molecule has 1 aliphatic heterocycles. The molecule has 2 N–H and O–H groups in total. The molecule has 0 fully saturated rings. The quantitative estimate of drug-likeness (QED) is 0.926. The van der Waals surface area contributed by atoms with Gasteiger partial charge in [0.2, 0.25) is 0 Å². The summed E-state index contributed by atoms with van der Waals surface area (Å²) in [6.07, 6.45) is 0. The third-order valence-corrected chi connectivity index (χ3v) is 4.16. The first-order chi connectivity index (χ1) is 10.2. The summed E-state index contributed by atoms with van der Waals surface area (Å²) in [6, 6.07) is 16.4. The number of likely N-dealkylation sites (N-methyl/N-ethyl adjacent to an activating group) is 1. The Balaban J connectivity index is 2.18. The summed E-state index contributed by atoms with van der Waals surface area (Å²) in [5.74, 6) is 0. The van der Waals surface area contributed by atoms with Crippen LogP contribution in [0.3, 0.4) is 0 Å². The van der Waals surface area contributed by atoms with E-state index in [0.29, 0.717) is 13.1 Å². The molecule has 0 saturated carbocycles. The SMILES string of the molecule is CN1c2ccc(Cl)cc2C(c2ccccc2)=NCC1CN. The average molecular weight is 300 g/mol. The van der Waals surface area contributed by atoms with Crippen LogP contribution in [-0.2, 0) is 0 Å². The number of nitrogens with zero attached hydrogens (tertiary/aromatic N) is 2. The third-order valence-electron chi connectivity index (χ3n) is 3.92. The van der Waals surface area contributed by atoms with Gasteiger partial charge < -0.3 is 10.6 Å². The van der Waals surface area contributed by atoms with Crippen LogP contribution in [0.15, 0.2) is 53.5 Å². The minimum atomic E-state index is 0.200. The summed E-state index contributed by atoms with van der Waals surface area (Å²) < 4.78 is 0. The van der Waals surface area contributed by atoms with E-state index in [1.165, 1.54) is 0 Å². The predicted octanol–water partition coefficient (Wildman–Crippen LogP) is 2.95. The summed E-state index contributed by atoms with van der Waals surface area (Å²) in [7, 11) is 2.06. The normalized spacial score (nSPS) is 18.0. The molecule has 0 saturated heterocycles. The molecule has 0 aliphatic carbocycles. The molecule has 3 nitrogen and oxygen atoms in total. The lowest BCUT2D eigenvalue weighted by molar-refractivity contribution is 0.653. The van der Waals surface area contributed by atoms with Crippen molar-refractivity contribution in [2.45, 2.75) is 6.04 Å². The van der Waals surface area contributed by atoms with E-state index in [1.807, 2.05) is 36.4 Å². The van der Waals surface area contributed by atoms with Gasteiger partial charge in [-0.3, -0.25) is 4.99 Å². The first kappa shape index (κ1) is 14.1. The lowest BCUT2D eigenvalue weighted by Gasteiger charge is -2.27. The molecule has 1 atom stereocenters. The highest BCUT2D eigenvalue weighted by molar-refractivity contribution is 6.31. The van der Waals surface area contributed by atoms with Crippen LogP contribution in [0.1, 0.15) is 11.1 Å². The van der Waals surface area contributed by atoms with Crippen molar-refractivity contribution >= 4 is 23.0 Å². The second-order valence-corrected chi connectivity index (χ2v) is 5.65. The fourth-order valence-electron chi connectivity index (χ4n) is 2.68. The Morgan fingerprint density at radius 3 is 2.71 bits per heavy atom. The minimum absolute atomic E-state index is 0.200. The van der Waals surface area contributed by atoms with Gasteiger partial charge in [0.25, 0.3) is 0 Å². The van der Waals surface area contributed by atoms with E-state index in [1.54, 1.807) is 0 Å². The van der Waals surface area contributed by atoms with Crippen molar-refractivity contribution < 1.29 is 0 Å². The van der Waals surface area contributed by atoms with Crippen LogP contribution >= 0.6 is 11.6 Å². The van der Waals surface area contributed by atoms with Crippen molar-refractivity contribution in [3.63, 3.8) is 0 Å². The Bertz CT molecular complexity index is 667. The highest BCUT2D eigenvalue weighted by Crippen LogP contribution is 2.29. The van der Waals surface area contributed by atoms with Gasteiger partial charge in [0.05, 0.1) is 18.3 Å². The Hall–Kier alpha value is -1.84. The fourth-order valence-corrected chi connectivity index (χ4v) is 2.85. The standard InChI is InChI=1S/C17H18ClN3/c1-21-14(10-19)11-20-17(12-5-3-2-4-6-12)15-9-13(18)7-8-16(15)21/h2-9,14H,10-11,19H2,1H3. The number of hydrogen-bond donors (Lipinski definition) is 1. The van der Waals surface area contributed by atoms with Crippen LogP contribution in [0.4, 0.5) is 5.69 Å². The number of aliphatic imine (C=N–C) groups is 1. The number of anilines is 1. The molecular weight excluding hydrogens is 282 g/mol. The second-order valence-electron chi connectivity index (χ2n) is 5.22. The van der Waals surface area contributed by atoms with Gasteiger partial charge in [-0.25, -0.2) is 0 Å². The van der Waals surface area contributed by atoms with Gasteiger partial charge in [-0.05, 0) is 18.2 Å². The molecule has 0 amide bonds. The first-order valence-electron chi connectivity index (χ1n) is 7.03. The topological polar surface area (TPSA) is 41.6 Å². The molecular formula is C17H18ClN3. The van der Waals surface area contributed by atoms with Crippen molar-refractivity contribution in [1.29, 1.82) is 0 Å². The maximum Gasteiger partial charge on any atom is 0.0741 e. The molecule has 1 aliphatic rings. The molecule has 1 heterocycles. The molecule has 2 aromatic rings. The van der Waals surface area contributed by atoms with Crippen LogP contribution in [-0.4, -0.2) is 31.9 Å². The van der Waals surface area contributed by atoms with Crippen LogP contribution < -0.4 is 10.6 Å². The maximum absolute atomic E-state index is 6.20. The third kappa shape index (κ3) is 2.67. The van der Waals surface area contributed by atoms with Crippen molar-refractivity contribution in [3.05, 3.63) is 64.7 Å². The van der Waals surface area contributed by atoms with E-state index in [2.05, 4.69) is 24.1 Å². The van der Waals surface area contributed by atoms with E-state index < -0.39 is 0 Å². The highest BCUT2D eigenvalue weighted by atomic mass is 35.5. The zero-order chi connectivity index (χ0) is 14.8. The van der Waals surface area contributed by atoms with Gasteiger partial charge in [-0.2, -0.15) is 0 Å². The van der Waals surface area contributed by atoms with E-state index in [-0.39, 0.29) is 6.04 Å². The zero-order valence-electron chi connectivity index (χ0n) is 12.0. The summed E-state index contributed by atoms with van der Waals surface area (Å²) in [5, 5.41) is 0.719. The number of benzodiazepines with no additional fused rings is 1. The molecule has 0 radical (unpaired) electrons. The highest BCUT2D eigenvalue weighted by Gasteiger charge is 2.23. The van der Waals surface area contributed by atoms with Crippen molar-refractivity contribution in [2.24, 2.45) is 10.7 Å². The smallest absolute Gasteiger partial charge is 0.0741 e. The zero-order valence-corrected chi connectivity index (χ0v) is 12.7. The number of halogens is 1. The lowest BCUT2D eigenvalue weighted by Crippen LogP contribution is -2.39. The molecule has 21 heavy (non-hydrogen) atoms. The first-order valence-corrected chi connectivity index (χ1v) is 7.41. The monoisotopic (exact) mass is 299 g/mol. The molecule has 108 valence electrons. The largest absolute Gasteiger partial charge is 0.368 e. The molecule has 0 aromatic heterocycles. The van der Waals surface area contributed by atoms with Crippen LogP contribution in [0, 0.1) is 0 Å².